The number of imidazole rings is 1. The molecule has 170 valence electrons. The first-order valence-electron chi connectivity index (χ1n) is 11.4. The minimum Gasteiger partial charge on any atom is -0.368 e. The molecule has 33 heavy (non-hydrogen) atoms. The van der Waals surface area contributed by atoms with E-state index in [1.54, 1.807) is 28.4 Å². The van der Waals surface area contributed by atoms with Gasteiger partial charge in [0, 0.05) is 55.4 Å². The van der Waals surface area contributed by atoms with E-state index in [2.05, 4.69) is 25.6 Å². The number of aromatic nitrogens is 4. The Hall–Kier alpha value is -3.46. The Morgan fingerprint density at radius 3 is 3.00 bits per heavy atom. The molecule has 0 spiro atoms. The standard InChI is InChI=1S/C24H26FN7O/c1-14-11-31-12-16(9-19(25)23(31)27-14)28-24(33)17-3-4-21(18-13-30(2)29-22(17)18)32-8-6-15-10-26-7-5-20(15)32/h3-4,9,11-13,15,20,26H,5-8,10H2,1-2H3,(H,28,33)/t15-,20+/m1/s1. The van der Waals surface area contributed by atoms with Crippen LogP contribution in [0, 0.1) is 18.7 Å². The molecule has 2 aliphatic rings. The van der Waals surface area contributed by atoms with Crippen molar-refractivity contribution in [1.29, 1.82) is 0 Å². The number of fused-ring (bicyclic) bond motifs is 3. The zero-order valence-electron chi connectivity index (χ0n) is 18.7. The van der Waals surface area contributed by atoms with Gasteiger partial charge in [0.15, 0.2) is 11.5 Å². The molecule has 2 fully saturated rings. The van der Waals surface area contributed by atoms with E-state index in [0.29, 0.717) is 34.4 Å². The van der Waals surface area contributed by atoms with Gasteiger partial charge in [0.1, 0.15) is 5.52 Å². The number of aryl methyl sites for hydroxylation is 2. The lowest BCUT2D eigenvalue weighted by Crippen LogP contribution is -2.43. The van der Waals surface area contributed by atoms with Crippen molar-refractivity contribution in [2.45, 2.75) is 25.8 Å². The summed E-state index contributed by atoms with van der Waals surface area (Å²) in [5.41, 5.74) is 3.57. The maximum absolute atomic E-state index is 14.5. The fourth-order valence-corrected chi connectivity index (χ4v) is 5.47. The Kier molecular flexibility index (Phi) is 4.62. The van der Waals surface area contributed by atoms with Crippen LogP contribution in [0.3, 0.4) is 0 Å². The van der Waals surface area contributed by atoms with E-state index in [-0.39, 0.29) is 11.6 Å². The highest BCUT2D eigenvalue weighted by atomic mass is 19.1. The number of nitrogens with one attached hydrogen (secondary N) is 2. The average molecular weight is 448 g/mol. The average Bonchev–Trinajstić information content (AvgIpc) is 3.48. The number of piperidine rings is 1. The molecule has 2 atom stereocenters. The molecule has 6 rings (SSSR count). The molecule has 5 heterocycles. The molecular weight excluding hydrogens is 421 g/mol. The third-order valence-corrected chi connectivity index (χ3v) is 6.92. The van der Waals surface area contributed by atoms with Crippen LogP contribution in [0.4, 0.5) is 15.8 Å². The number of pyridine rings is 1. The van der Waals surface area contributed by atoms with Gasteiger partial charge in [0.2, 0.25) is 0 Å². The molecule has 0 bridgehead atoms. The van der Waals surface area contributed by atoms with Crippen molar-refractivity contribution in [3.05, 3.63) is 53.9 Å². The summed E-state index contributed by atoms with van der Waals surface area (Å²) in [4.78, 5) is 19.9. The van der Waals surface area contributed by atoms with Gasteiger partial charge in [-0.05, 0) is 50.9 Å². The molecule has 2 aliphatic heterocycles. The van der Waals surface area contributed by atoms with Crippen molar-refractivity contribution >= 4 is 33.8 Å². The van der Waals surface area contributed by atoms with Gasteiger partial charge in [0.25, 0.3) is 5.91 Å². The van der Waals surface area contributed by atoms with E-state index in [0.717, 1.165) is 37.1 Å². The molecule has 0 saturated carbocycles. The van der Waals surface area contributed by atoms with Crippen molar-refractivity contribution in [3.8, 4) is 0 Å². The monoisotopic (exact) mass is 447 g/mol. The summed E-state index contributed by atoms with van der Waals surface area (Å²) in [6, 6.07) is 5.69. The number of anilines is 2. The predicted molar refractivity (Wildman–Crippen MR) is 125 cm³/mol. The van der Waals surface area contributed by atoms with Gasteiger partial charge < -0.3 is 19.9 Å². The van der Waals surface area contributed by atoms with E-state index in [9.17, 15) is 9.18 Å². The molecule has 2 N–H and O–H groups in total. The van der Waals surface area contributed by atoms with Crippen LogP contribution in [-0.4, -0.2) is 50.7 Å². The van der Waals surface area contributed by atoms with Crippen molar-refractivity contribution < 1.29 is 9.18 Å². The molecule has 1 aromatic carbocycles. The smallest absolute Gasteiger partial charge is 0.257 e. The Morgan fingerprint density at radius 2 is 2.12 bits per heavy atom. The van der Waals surface area contributed by atoms with E-state index in [1.165, 1.54) is 12.5 Å². The van der Waals surface area contributed by atoms with Crippen molar-refractivity contribution in [2.24, 2.45) is 13.0 Å². The Bertz CT molecular complexity index is 1390. The number of halogens is 1. The van der Waals surface area contributed by atoms with Crippen LogP contribution in [0.5, 0.6) is 0 Å². The second-order valence-electron chi connectivity index (χ2n) is 9.14. The van der Waals surface area contributed by atoms with Crippen LogP contribution in [-0.2, 0) is 7.05 Å². The van der Waals surface area contributed by atoms with Crippen LogP contribution in [0.1, 0.15) is 28.9 Å². The third kappa shape index (κ3) is 3.34. The van der Waals surface area contributed by atoms with Gasteiger partial charge >= 0.3 is 0 Å². The zero-order valence-corrected chi connectivity index (χ0v) is 18.7. The Labute approximate surface area is 190 Å². The largest absolute Gasteiger partial charge is 0.368 e. The number of carbonyl (C=O) groups is 1. The first-order valence-corrected chi connectivity index (χ1v) is 11.4. The highest BCUT2D eigenvalue weighted by Crippen LogP contribution is 2.37. The summed E-state index contributed by atoms with van der Waals surface area (Å²) in [6.07, 6.45) is 7.67. The molecule has 2 saturated heterocycles. The van der Waals surface area contributed by atoms with E-state index >= 15 is 0 Å². The maximum Gasteiger partial charge on any atom is 0.257 e. The van der Waals surface area contributed by atoms with Gasteiger partial charge in [0.05, 0.1) is 16.9 Å². The summed E-state index contributed by atoms with van der Waals surface area (Å²) in [6.45, 7) is 4.91. The SMILES string of the molecule is Cc1cn2cc(NC(=O)c3ccc(N4CC[C@@H]5CNCC[C@@H]54)c4cn(C)nc34)cc(F)c2n1. The molecule has 3 aromatic heterocycles. The molecular formula is C24H26FN7O. The molecule has 0 radical (unpaired) electrons. The number of benzene rings is 1. The number of nitrogens with zero attached hydrogens (tertiary/aromatic N) is 5. The normalized spacial score (nSPS) is 20.5. The van der Waals surface area contributed by atoms with Gasteiger partial charge in [-0.2, -0.15) is 5.10 Å². The molecule has 0 aliphatic carbocycles. The van der Waals surface area contributed by atoms with Crippen LogP contribution >= 0.6 is 0 Å². The van der Waals surface area contributed by atoms with Crippen LogP contribution in [0.15, 0.2) is 36.8 Å². The molecule has 8 nitrogen and oxygen atoms in total. The van der Waals surface area contributed by atoms with Gasteiger partial charge in [-0.1, -0.05) is 0 Å². The lowest BCUT2D eigenvalue weighted by atomic mass is 9.94. The maximum atomic E-state index is 14.5. The Balaban J connectivity index is 1.35. The lowest BCUT2D eigenvalue weighted by molar-refractivity contribution is 0.102. The summed E-state index contributed by atoms with van der Waals surface area (Å²) in [5, 5.41) is 11.9. The second kappa shape index (κ2) is 7.55. The third-order valence-electron chi connectivity index (χ3n) is 6.92. The van der Waals surface area contributed by atoms with Crippen LogP contribution < -0.4 is 15.5 Å². The number of rotatable bonds is 3. The number of carbonyl (C=O) groups excluding carboxylic acids is 1. The fraction of sp³-hybridized carbons (Fsp3) is 0.375. The van der Waals surface area contributed by atoms with E-state index in [4.69, 9.17) is 0 Å². The Morgan fingerprint density at radius 1 is 1.24 bits per heavy atom. The highest BCUT2D eigenvalue weighted by Gasteiger charge is 2.36. The number of hydrogen-bond donors (Lipinski definition) is 2. The summed E-state index contributed by atoms with van der Waals surface area (Å²) in [5.74, 6) is -0.142. The molecule has 0 unspecified atom stereocenters. The van der Waals surface area contributed by atoms with Crippen molar-refractivity contribution in [1.82, 2.24) is 24.5 Å². The first kappa shape index (κ1) is 20.2. The van der Waals surface area contributed by atoms with Crippen LogP contribution in [0.2, 0.25) is 0 Å². The minimum absolute atomic E-state index is 0.240. The van der Waals surface area contributed by atoms with Gasteiger partial charge in [-0.25, -0.2) is 9.37 Å². The van der Waals surface area contributed by atoms with E-state index in [1.807, 2.05) is 25.4 Å². The molecule has 4 aromatic rings. The molecule has 1 amide bonds. The number of hydrogen-bond acceptors (Lipinski definition) is 5. The highest BCUT2D eigenvalue weighted by molar-refractivity contribution is 6.14. The second-order valence-corrected chi connectivity index (χ2v) is 9.14. The summed E-state index contributed by atoms with van der Waals surface area (Å²) in [7, 11) is 1.87. The zero-order chi connectivity index (χ0) is 22.7. The predicted octanol–water partition coefficient (Wildman–Crippen LogP) is 3.11. The minimum atomic E-state index is -0.482. The topological polar surface area (TPSA) is 79.5 Å². The first-order chi connectivity index (χ1) is 16.0. The van der Waals surface area contributed by atoms with Crippen molar-refractivity contribution in [2.75, 3.05) is 29.9 Å². The fourth-order valence-electron chi connectivity index (χ4n) is 5.47. The summed E-state index contributed by atoms with van der Waals surface area (Å²) < 4.78 is 17.8. The van der Waals surface area contributed by atoms with Gasteiger partial charge in [-0.15, -0.1) is 0 Å². The van der Waals surface area contributed by atoms with Gasteiger partial charge in [-0.3, -0.25) is 9.48 Å². The lowest BCUT2D eigenvalue weighted by Gasteiger charge is -2.34. The summed E-state index contributed by atoms with van der Waals surface area (Å²) >= 11 is 0. The molecule has 9 heteroatoms. The number of amides is 1. The quantitative estimate of drug-likeness (QED) is 0.505. The van der Waals surface area contributed by atoms with Crippen LogP contribution in [0.25, 0.3) is 16.6 Å². The van der Waals surface area contributed by atoms with Crippen molar-refractivity contribution in [3.63, 3.8) is 0 Å². The van der Waals surface area contributed by atoms with E-state index < -0.39 is 5.82 Å².